The van der Waals surface area contributed by atoms with Crippen LogP contribution < -0.4 is 15.4 Å². The number of esters is 1. The van der Waals surface area contributed by atoms with E-state index in [1.54, 1.807) is 6.92 Å². The van der Waals surface area contributed by atoms with Crippen LogP contribution in [0.1, 0.15) is 31.0 Å². The molecule has 27 heavy (non-hydrogen) atoms. The average Bonchev–Trinajstić information content (AvgIpc) is 2.69. The minimum atomic E-state index is -0.476. The van der Waals surface area contributed by atoms with Gasteiger partial charge in [0.15, 0.2) is 5.11 Å². The standard InChI is InChI=1S/C21H22N2O3S/c1-3-25-16-13-9-8-12-15(16)19-17(20(24)26-4-2)18(22-21(27)23-19)14-10-6-5-7-11-14/h5-13,19H,3-4H2,1-2H3,(H2,22,23,27)/t19-/m0/s1. The minimum absolute atomic E-state index is 0.286. The third kappa shape index (κ3) is 4.11. The second-order valence-corrected chi connectivity index (χ2v) is 6.29. The fourth-order valence-electron chi connectivity index (χ4n) is 3.07. The first kappa shape index (κ1) is 18.9. The summed E-state index contributed by atoms with van der Waals surface area (Å²) in [7, 11) is 0. The molecule has 0 aromatic heterocycles. The maximum atomic E-state index is 12.9. The molecular formula is C21H22N2O3S. The van der Waals surface area contributed by atoms with Gasteiger partial charge in [-0.1, -0.05) is 48.5 Å². The van der Waals surface area contributed by atoms with Crippen molar-refractivity contribution < 1.29 is 14.3 Å². The third-order valence-corrected chi connectivity index (χ3v) is 4.38. The van der Waals surface area contributed by atoms with Gasteiger partial charge in [-0.3, -0.25) is 0 Å². The Hall–Kier alpha value is -2.86. The summed E-state index contributed by atoms with van der Waals surface area (Å²) in [5, 5.41) is 6.78. The molecule has 1 aliphatic heterocycles. The molecule has 0 saturated carbocycles. The van der Waals surface area contributed by atoms with Crippen molar-refractivity contribution in [3.05, 3.63) is 71.3 Å². The van der Waals surface area contributed by atoms with Crippen molar-refractivity contribution >= 4 is 29.0 Å². The first-order chi connectivity index (χ1) is 13.2. The van der Waals surface area contributed by atoms with Gasteiger partial charge in [0.1, 0.15) is 5.75 Å². The second kappa shape index (κ2) is 8.68. The molecule has 6 heteroatoms. The largest absolute Gasteiger partial charge is 0.494 e. The van der Waals surface area contributed by atoms with Crippen molar-refractivity contribution in [2.75, 3.05) is 13.2 Å². The Morgan fingerprint density at radius 1 is 1.04 bits per heavy atom. The van der Waals surface area contributed by atoms with E-state index in [-0.39, 0.29) is 6.61 Å². The van der Waals surface area contributed by atoms with Crippen molar-refractivity contribution in [2.24, 2.45) is 0 Å². The molecular weight excluding hydrogens is 360 g/mol. The van der Waals surface area contributed by atoms with Crippen LogP contribution in [0.5, 0.6) is 5.75 Å². The van der Waals surface area contributed by atoms with Crippen LogP contribution in [0.2, 0.25) is 0 Å². The summed E-state index contributed by atoms with van der Waals surface area (Å²) >= 11 is 5.42. The molecule has 0 saturated heterocycles. The maximum absolute atomic E-state index is 12.9. The number of rotatable bonds is 6. The van der Waals surface area contributed by atoms with E-state index in [2.05, 4.69) is 10.6 Å². The molecule has 0 unspecified atom stereocenters. The molecule has 0 aliphatic carbocycles. The summed E-state index contributed by atoms with van der Waals surface area (Å²) in [6.07, 6.45) is 0. The van der Waals surface area contributed by atoms with Gasteiger partial charge in [0.05, 0.1) is 30.5 Å². The molecule has 5 nitrogen and oxygen atoms in total. The van der Waals surface area contributed by atoms with Gasteiger partial charge in [-0.15, -0.1) is 0 Å². The minimum Gasteiger partial charge on any atom is -0.494 e. The zero-order chi connectivity index (χ0) is 19.2. The molecule has 3 rings (SSSR count). The Labute approximate surface area is 164 Å². The normalized spacial score (nSPS) is 16.4. The van der Waals surface area contributed by atoms with Crippen molar-refractivity contribution in [3.63, 3.8) is 0 Å². The predicted octanol–water partition coefficient (Wildman–Crippen LogP) is 3.58. The number of carbonyl (C=O) groups is 1. The second-order valence-electron chi connectivity index (χ2n) is 5.88. The smallest absolute Gasteiger partial charge is 0.338 e. The number of benzene rings is 2. The van der Waals surface area contributed by atoms with Crippen LogP contribution in [0.4, 0.5) is 0 Å². The van der Waals surface area contributed by atoms with Gasteiger partial charge in [-0.25, -0.2) is 4.79 Å². The number of ether oxygens (including phenoxy) is 2. The summed E-state index contributed by atoms with van der Waals surface area (Å²) in [5.41, 5.74) is 2.82. The van der Waals surface area contributed by atoms with E-state index in [9.17, 15) is 4.79 Å². The number of thiocarbonyl (C=S) groups is 1. The molecule has 1 aliphatic rings. The van der Waals surface area contributed by atoms with Crippen LogP contribution in [0, 0.1) is 0 Å². The summed E-state index contributed by atoms with van der Waals surface area (Å²) in [4.78, 5) is 12.9. The molecule has 2 aromatic rings. The van der Waals surface area contributed by atoms with E-state index >= 15 is 0 Å². The monoisotopic (exact) mass is 382 g/mol. The lowest BCUT2D eigenvalue weighted by Crippen LogP contribution is -2.45. The van der Waals surface area contributed by atoms with Crippen LogP contribution in [0.25, 0.3) is 5.70 Å². The van der Waals surface area contributed by atoms with E-state index in [4.69, 9.17) is 21.7 Å². The highest BCUT2D eigenvalue weighted by atomic mass is 32.1. The lowest BCUT2D eigenvalue weighted by atomic mass is 9.92. The van der Waals surface area contributed by atoms with Gasteiger partial charge < -0.3 is 20.1 Å². The molecule has 0 fully saturated rings. The molecule has 0 radical (unpaired) electrons. The average molecular weight is 382 g/mol. The van der Waals surface area contributed by atoms with Gasteiger partial charge in [-0.2, -0.15) is 0 Å². The van der Waals surface area contributed by atoms with Crippen molar-refractivity contribution in [1.82, 2.24) is 10.6 Å². The van der Waals surface area contributed by atoms with Crippen LogP contribution in [0.3, 0.4) is 0 Å². The van der Waals surface area contributed by atoms with Gasteiger partial charge in [0.25, 0.3) is 0 Å². The molecule has 2 aromatic carbocycles. The van der Waals surface area contributed by atoms with E-state index in [0.29, 0.717) is 28.7 Å². The fraction of sp³-hybridized carbons (Fsp3) is 0.238. The van der Waals surface area contributed by atoms with Crippen molar-refractivity contribution in [1.29, 1.82) is 0 Å². The lowest BCUT2D eigenvalue weighted by Gasteiger charge is -2.32. The van der Waals surface area contributed by atoms with E-state index in [1.807, 2.05) is 61.5 Å². The third-order valence-electron chi connectivity index (χ3n) is 4.16. The number of hydrogen-bond donors (Lipinski definition) is 2. The van der Waals surface area contributed by atoms with Gasteiger partial charge in [-0.05, 0) is 37.7 Å². The quantitative estimate of drug-likeness (QED) is 0.588. The Bertz CT molecular complexity index is 865. The van der Waals surface area contributed by atoms with Crippen LogP contribution >= 0.6 is 12.2 Å². The van der Waals surface area contributed by atoms with Gasteiger partial charge in [0.2, 0.25) is 0 Å². The molecule has 0 bridgehead atoms. The summed E-state index contributed by atoms with van der Waals surface area (Å²) in [6.45, 7) is 4.53. The highest BCUT2D eigenvalue weighted by Crippen LogP contribution is 2.36. The van der Waals surface area contributed by atoms with Crippen molar-refractivity contribution in [2.45, 2.75) is 19.9 Å². The predicted molar refractivity (Wildman–Crippen MR) is 109 cm³/mol. The topological polar surface area (TPSA) is 59.6 Å². The van der Waals surface area contributed by atoms with Crippen LogP contribution in [0.15, 0.2) is 60.2 Å². The van der Waals surface area contributed by atoms with Crippen LogP contribution in [-0.2, 0) is 9.53 Å². The molecule has 1 atom stereocenters. The zero-order valence-electron chi connectivity index (χ0n) is 15.3. The zero-order valence-corrected chi connectivity index (χ0v) is 16.1. The molecule has 1 heterocycles. The summed E-state index contributed by atoms with van der Waals surface area (Å²) < 4.78 is 11.1. The molecule has 0 amide bonds. The number of carbonyl (C=O) groups excluding carboxylic acids is 1. The SMILES string of the molecule is CCOC(=O)C1=C(c2ccccc2)NC(=S)N[C@H]1c1ccccc1OCC. The first-order valence-electron chi connectivity index (χ1n) is 8.91. The van der Waals surface area contributed by atoms with E-state index in [0.717, 1.165) is 11.1 Å². The highest BCUT2D eigenvalue weighted by molar-refractivity contribution is 7.80. The Balaban J connectivity index is 2.19. The number of para-hydroxylation sites is 1. The molecule has 0 spiro atoms. The summed E-state index contributed by atoms with van der Waals surface area (Å²) in [5.74, 6) is 0.312. The van der Waals surface area contributed by atoms with Gasteiger partial charge >= 0.3 is 5.97 Å². The molecule has 2 N–H and O–H groups in total. The lowest BCUT2D eigenvalue weighted by molar-refractivity contribution is -0.138. The summed E-state index contributed by atoms with van der Waals surface area (Å²) in [6, 6.07) is 16.8. The maximum Gasteiger partial charge on any atom is 0.338 e. The van der Waals surface area contributed by atoms with Crippen LogP contribution in [-0.4, -0.2) is 24.3 Å². The highest BCUT2D eigenvalue weighted by Gasteiger charge is 2.34. The first-order valence-corrected chi connectivity index (χ1v) is 9.32. The number of nitrogens with one attached hydrogen (secondary N) is 2. The van der Waals surface area contributed by atoms with Crippen molar-refractivity contribution in [3.8, 4) is 5.75 Å². The van der Waals surface area contributed by atoms with E-state index in [1.165, 1.54) is 0 Å². The molecule has 140 valence electrons. The fourth-order valence-corrected chi connectivity index (χ4v) is 3.28. The van der Waals surface area contributed by atoms with Gasteiger partial charge in [0, 0.05) is 5.56 Å². The Morgan fingerprint density at radius 2 is 1.74 bits per heavy atom. The number of hydrogen-bond acceptors (Lipinski definition) is 4. The Kier molecular flexibility index (Phi) is 6.08. The van der Waals surface area contributed by atoms with E-state index < -0.39 is 12.0 Å². The Morgan fingerprint density at radius 3 is 2.44 bits per heavy atom.